The van der Waals surface area contributed by atoms with Crippen molar-refractivity contribution in [2.75, 3.05) is 0 Å². The van der Waals surface area contributed by atoms with E-state index in [1.165, 1.54) is 0 Å². The van der Waals surface area contributed by atoms with E-state index in [9.17, 15) is 8.42 Å². The fourth-order valence-corrected chi connectivity index (χ4v) is 3.50. The van der Waals surface area contributed by atoms with Gasteiger partial charge in [0.1, 0.15) is 0 Å². The van der Waals surface area contributed by atoms with E-state index in [0.717, 1.165) is 24.8 Å². The Morgan fingerprint density at radius 2 is 1.83 bits per heavy atom. The molecule has 1 aliphatic carbocycles. The first-order valence-corrected chi connectivity index (χ1v) is 7.69. The van der Waals surface area contributed by atoms with Gasteiger partial charge in [0.05, 0.1) is 11.0 Å². The number of rotatable bonds is 3. The van der Waals surface area contributed by atoms with Crippen LogP contribution in [0.5, 0.6) is 0 Å². The molecular weight excluding hydrogens is 248 g/mol. The Bertz CT molecular complexity index is 514. The molecule has 2 rings (SSSR count). The van der Waals surface area contributed by atoms with E-state index >= 15 is 0 Å². The van der Waals surface area contributed by atoms with Gasteiger partial charge in [0.2, 0.25) is 0 Å². The lowest BCUT2D eigenvalue weighted by Crippen LogP contribution is -2.17. The van der Waals surface area contributed by atoms with Gasteiger partial charge >= 0.3 is 0 Å². The lowest BCUT2D eigenvalue weighted by Gasteiger charge is -2.17. The molecule has 0 amide bonds. The summed E-state index contributed by atoms with van der Waals surface area (Å²) < 4.78 is 29.5. The highest BCUT2D eigenvalue weighted by Gasteiger charge is 2.34. The highest BCUT2D eigenvalue weighted by Crippen LogP contribution is 2.39. The van der Waals surface area contributed by atoms with E-state index in [0.29, 0.717) is 0 Å². The normalized spacial score (nSPS) is 23.2. The second-order valence-corrected chi connectivity index (χ2v) is 7.46. The molecule has 1 saturated carbocycles. The molecule has 0 aromatic heterocycles. The van der Waals surface area contributed by atoms with Gasteiger partial charge in [-0.25, -0.2) is 0 Å². The van der Waals surface area contributed by atoms with Crippen molar-refractivity contribution in [1.82, 2.24) is 0 Å². The van der Waals surface area contributed by atoms with Crippen molar-refractivity contribution < 1.29 is 12.6 Å². The first-order valence-electron chi connectivity index (χ1n) is 6.28. The monoisotopic (exact) mass is 268 g/mol. The van der Waals surface area contributed by atoms with Gasteiger partial charge in [-0.2, -0.15) is 8.42 Å². The summed E-state index contributed by atoms with van der Waals surface area (Å²) in [5.74, 6) is 0. The third kappa shape index (κ3) is 3.12. The van der Waals surface area contributed by atoms with Crippen LogP contribution in [0.25, 0.3) is 0 Å². The first-order chi connectivity index (χ1) is 8.28. The molecule has 1 aromatic carbocycles. The minimum absolute atomic E-state index is 0.175. The van der Waals surface area contributed by atoms with E-state index in [1.807, 2.05) is 6.92 Å². The lowest BCUT2D eigenvalue weighted by molar-refractivity contribution is 0.200. The van der Waals surface area contributed by atoms with Crippen LogP contribution >= 0.6 is 0 Å². The SMILES string of the molecule is Cc1ccc(S(=O)(=O)OC2CCC(C)(C)C2)cc1. The minimum Gasteiger partial charge on any atom is -0.263 e. The highest BCUT2D eigenvalue weighted by molar-refractivity contribution is 7.86. The lowest BCUT2D eigenvalue weighted by atomic mass is 9.92. The predicted octanol–water partition coefficient (Wildman–Crippen LogP) is 3.28. The molecular formula is C14H20O3S. The highest BCUT2D eigenvalue weighted by atomic mass is 32.2. The quantitative estimate of drug-likeness (QED) is 0.790. The average Bonchev–Trinajstić information content (AvgIpc) is 2.57. The Morgan fingerprint density at radius 1 is 1.22 bits per heavy atom. The summed E-state index contributed by atoms with van der Waals surface area (Å²) in [5, 5.41) is 0. The molecule has 0 saturated heterocycles. The first kappa shape index (κ1) is 13.6. The molecule has 0 N–H and O–H groups in total. The number of benzene rings is 1. The third-order valence-corrected chi connectivity index (χ3v) is 4.87. The maximum absolute atomic E-state index is 12.1. The van der Waals surface area contributed by atoms with E-state index in [1.54, 1.807) is 24.3 Å². The zero-order valence-corrected chi connectivity index (χ0v) is 12.0. The summed E-state index contributed by atoms with van der Waals surface area (Å²) in [7, 11) is -3.61. The molecule has 4 heteroatoms. The van der Waals surface area contributed by atoms with Gasteiger partial charge in [0.15, 0.2) is 0 Å². The van der Waals surface area contributed by atoms with Crippen molar-refractivity contribution in [3.63, 3.8) is 0 Å². The smallest absolute Gasteiger partial charge is 0.263 e. The molecule has 1 fully saturated rings. The van der Waals surface area contributed by atoms with Crippen LogP contribution in [0.4, 0.5) is 0 Å². The fourth-order valence-electron chi connectivity index (χ4n) is 2.39. The Labute approximate surface area is 109 Å². The van der Waals surface area contributed by atoms with Gasteiger partial charge in [-0.15, -0.1) is 0 Å². The molecule has 1 unspecified atom stereocenters. The summed E-state index contributed by atoms with van der Waals surface area (Å²) in [6.45, 7) is 6.22. The zero-order chi connectivity index (χ0) is 13.4. The largest absolute Gasteiger partial charge is 0.297 e. The van der Waals surface area contributed by atoms with E-state index in [2.05, 4.69) is 13.8 Å². The zero-order valence-electron chi connectivity index (χ0n) is 11.1. The molecule has 0 bridgehead atoms. The average molecular weight is 268 g/mol. The summed E-state index contributed by atoms with van der Waals surface area (Å²) in [5.41, 5.74) is 1.23. The second-order valence-electron chi connectivity index (χ2n) is 5.89. The Morgan fingerprint density at radius 3 is 2.33 bits per heavy atom. The van der Waals surface area contributed by atoms with E-state index in [-0.39, 0.29) is 16.4 Å². The maximum Gasteiger partial charge on any atom is 0.297 e. The van der Waals surface area contributed by atoms with Crippen LogP contribution in [-0.2, 0) is 14.3 Å². The van der Waals surface area contributed by atoms with Gasteiger partial charge in [-0.3, -0.25) is 4.18 Å². The number of aryl methyl sites for hydroxylation is 1. The van der Waals surface area contributed by atoms with Gasteiger partial charge < -0.3 is 0 Å². The van der Waals surface area contributed by atoms with Gasteiger partial charge in [0.25, 0.3) is 10.1 Å². The molecule has 0 spiro atoms. The molecule has 1 atom stereocenters. The van der Waals surface area contributed by atoms with Gasteiger partial charge in [0, 0.05) is 0 Å². The van der Waals surface area contributed by atoms with E-state index < -0.39 is 10.1 Å². The summed E-state index contributed by atoms with van der Waals surface area (Å²) in [6, 6.07) is 6.78. The van der Waals surface area contributed by atoms with Gasteiger partial charge in [-0.05, 0) is 43.7 Å². The van der Waals surface area contributed by atoms with Crippen LogP contribution in [0.15, 0.2) is 29.2 Å². The molecule has 0 heterocycles. The molecule has 100 valence electrons. The second kappa shape index (κ2) is 4.67. The van der Waals surface area contributed by atoms with Crippen molar-refractivity contribution in [3.8, 4) is 0 Å². The number of hydrogen-bond acceptors (Lipinski definition) is 3. The van der Waals surface area contributed by atoms with Crippen molar-refractivity contribution in [1.29, 1.82) is 0 Å². The number of hydrogen-bond donors (Lipinski definition) is 0. The molecule has 0 aliphatic heterocycles. The van der Waals surface area contributed by atoms with Crippen LogP contribution in [0.2, 0.25) is 0 Å². The standard InChI is InChI=1S/C14H20O3S/c1-11-4-6-13(7-5-11)18(15,16)17-12-8-9-14(2,3)10-12/h4-7,12H,8-10H2,1-3H3. The van der Waals surface area contributed by atoms with Crippen LogP contribution in [0, 0.1) is 12.3 Å². The predicted molar refractivity (Wildman–Crippen MR) is 70.9 cm³/mol. The summed E-state index contributed by atoms with van der Waals surface area (Å²) in [6.07, 6.45) is 2.46. The van der Waals surface area contributed by atoms with E-state index in [4.69, 9.17) is 4.18 Å². The summed E-state index contributed by atoms with van der Waals surface area (Å²) >= 11 is 0. The van der Waals surface area contributed by atoms with Crippen LogP contribution in [-0.4, -0.2) is 14.5 Å². The Hall–Kier alpha value is -0.870. The summed E-state index contributed by atoms with van der Waals surface area (Å²) in [4.78, 5) is 0.248. The Balaban J connectivity index is 2.11. The van der Waals surface area contributed by atoms with Crippen molar-refractivity contribution >= 4 is 10.1 Å². The van der Waals surface area contributed by atoms with Gasteiger partial charge in [-0.1, -0.05) is 31.5 Å². The molecule has 1 aliphatic rings. The third-order valence-electron chi connectivity index (χ3n) is 3.50. The van der Waals surface area contributed by atoms with Crippen molar-refractivity contribution in [2.45, 2.75) is 51.0 Å². The van der Waals surface area contributed by atoms with Crippen molar-refractivity contribution in [2.24, 2.45) is 5.41 Å². The van der Waals surface area contributed by atoms with Crippen LogP contribution < -0.4 is 0 Å². The van der Waals surface area contributed by atoms with Crippen LogP contribution in [0.3, 0.4) is 0 Å². The van der Waals surface area contributed by atoms with Crippen LogP contribution in [0.1, 0.15) is 38.7 Å². The minimum atomic E-state index is -3.61. The molecule has 18 heavy (non-hydrogen) atoms. The fraction of sp³-hybridized carbons (Fsp3) is 0.571. The topological polar surface area (TPSA) is 43.4 Å². The molecule has 3 nitrogen and oxygen atoms in total. The Kier molecular flexibility index (Phi) is 3.52. The maximum atomic E-state index is 12.1. The molecule has 0 radical (unpaired) electrons. The van der Waals surface area contributed by atoms with Crippen molar-refractivity contribution in [3.05, 3.63) is 29.8 Å². The molecule has 1 aromatic rings.